The lowest BCUT2D eigenvalue weighted by Crippen LogP contribution is -2.03. The highest BCUT2D eigenvalue weighted by atomic mass is 79.9. The normalized spacial score (nSPS) is 10.5. The summed E-state index contributed by atoms with van der Waals surface area (Å²) in [5.41, 5.74) is 1.85. The van der Waals surface area contributed by atoms with Gasteiger partial charge in [0.25, 0.3) is 5.69 Å². The van der Waals surface area contributed by atoms with Crippen LogP contribution in [0.4, 0.5) is 5.69 Å². The third-order valence-corrected chi connectivity index (χ3v) is 3.72. The molecule has 0 amide bonds. The molecule has 0 N–H and O–H groups in total. The van der Waals surface area contributed by atoms with Gasteiger partial charge < -0.3 is 4.74 Å². The molecule has 2 aromatic rings. The average Bonchev–Trinajstić information content (AvgIpc) is 2.62. The minimum absolute atomic E-state index is 0.0462. The number of benzene rings is 1. The van der Waals surface area contributed by atoms with Gasteiger partial charge in [0.15, 0.2) is 0 Å². The Labute approximate surface area is 118 Å². The summed E-state index contributed by atoms with van der Waals surface area (Å²) in [5.74, 6) is 0.580. The zero-order valence-corrected chi connectivity index (χ0v) is 12.0. The summed E-state index contributed by atoms with van der Waals surface area (Å²) < 4.78 is 8.24. The predicted molar refractivity (Wildman–Crippen MR) is 73.1 cm³/mol. The fourth-order valence-electron chi connectivity index (χ4n) is 1.65. The number of hydrogen-bond acceptors (Lipinski definition) is 4. The number of aryl methyl sites for hydroxylation is 2. The van der Waals surface area contributed by atoms with Crippen LogP contribution in [-0.4, -0.2) is 14.7 Å². The third kappa shape index (κ3) is 2.93. The second-order valence-electron chi connectivity index (χ2n) is 4.01. The molecule has 0 aliphatic rings. The van der Waals surface area contributed by atoms with E-state index >= 15 is 0 Å². The predicted octanol–water partition coefficient (Wildman–Crippen LogP) is 2.98. The van der Waals surface area contributed by atoms with E-state index in [0.717, 1.165) is 15.9 Å². The van der Waals surface area contributed by atoms with Crippen molar-refractivity contribution in [2.75, 3.05) is 0 Å². The quantitative estimate of drug-likeness (QED) is 0.640. The highest BCUT2D eigenvalue weighted by molar-refractivity contribution is 9.10. The lowest BCUT2D eigenvalue weighted by atomic mass is 10.3. The summed E-state index contributed by atoms with van der Waals surface area (Å²) in [6.45, 7) is 2.25. The van der Waals surface area contributed by atoms with Crippen molar-refractivity contribution in [1.29, 1.82) is 0 Å². The molecule has 0 radical (unpaired) electrons. The van der Waals surface area contributed by atoms with Crippen LogP contribution in [0.1, 0.15) is 11.4 Å². The summed E-state index contributed by atoms with van der Waals surface area (Å²) in [6, 6.07) is 5.99. The number of halogens is 1. The molecule has 2 rings (SSSR count). The Morgan fingerprint density at radius 1 is 1.42 bits per heavy atom. The second kappa shape index (κ2) is 5.40. The molecule has 7 heteroatoms. The van der Waals surface area contributed by atoms with Gasteiger partial charge in [0, 0.05) is 19.2 Å². The van der Waals surface area contributed by atoms with Gasteiger partial charge in [-0.15, -0.1) is 0 Å². The van der Waals surface area contributed by atoms with Gasteiger partial charge in [0.1, 0.15) is 12.4 Å². The number of hydrogen-bond donors (Lipinski definition) is 0. The highest BCUT2D eigenvalue weighted by Crippen LogP contribution is 2.23. The molecule has 0 saturated heterocycles. The Balaban J connectivity index is 2.08. The van der Waals surface area contributed by atoms with Gasteiger partial charge in [0.05, 0.1) is 20.8 Å². The molecule has 1 aromatic heterocycles. The molecule has 6 nitrogen and oxygen atoms in total. The molecule has 1 aromatic carbocycles. The number of nitro benzene ring substituents is 1. The third-order valence-electron chi connectivity index (χ3n) is 2.68. The molecule has 19 heavy (non-hydrogen) atoms. The molecular weight excluding hydrogens is 314 g/mol. The Morgan fingerprint density at radius 3 is 2.53 bits per heavy atom. The maximum atomic E-state index is 10.5. The fraction of sp³-hybridized carbons (Fsp3) is 0.250. The van der Waals surface area contributed by atoms with Crippen LogP contribution >= 0.6 is 15.9 Å². The van der Waals surface area contributed by atoms with Crippen LogP contribution in [0.5, 0.6) is 5.75 Å². The molecule has 0 bridgehead atoms. The van der Waals surface area contributed by atoms with E-state index < -0.39 is 4.92 Å². The lowest BCUT2D eigenvalue weighted by Gasteiger charge is -2.06. The van der Waals surface area contributed by atoms with Crippen molar-refractivity contribution in [3.8, 4) is 5.75 Å². The molecular formula is C12H12BrN3O3. The van der Waals surface area contributed by atoms with Crippen molar-refractivity contribution >= 4 is 21.6 Å². The molecule has 0 saturated carbocycles. The van der Waals surface area contributed by atoms with Gasteiger partial charge >= 0.3 is 0 Å². The molecule has 1 heterocycles. The van der Waals surface area contributed by atoms with Gasteiger partial charge in [-0.2, -0.15) is 5.10 Å². The van der Waals surface area contributed by atoms with E-state index in [-0.39, 0.29) is 5.69 Å². The highest BCUT2D eigenvalue weighted by Gasteiger charge is 2.11. The van der Waals surface area contributed by atoms with Crippen molar-refractivity contribution < 1.29 is 9.66 Å². The number of aromatic nitrogens is 2. The van der Waals surface area contributed by atoms with Crippen molar-refractivity contribution in [2.24, 2.45) is 7.05 Å². The van der Waals surface area contributed by atoms with E-state index in [1.807, 2.05) is 14.0 Å². The Kier molecular flexibility index (Phi) is 3.84. The largest absolute Gasteiger partial charge is 0.487 e. The van der Waals surface area contributed by atoms with Gasteiger partial charge in [-0.1, -0.05) is 0 Å². The van der Waals surface area contributed by atoms with Crippen LogP contribution in [0, 0.1) is 17.0 Å². The maximum absolute atomic E-state index is 10.5. The van der Waals surface area contributed by atoms with Crippen molar-refractivity contribution in [3.05, 3.63) is 50.2 Å². The summed E-state index contributed by atoms with van der Waals surface area (Å²) in [6.07, 6.45) is 0. The molecule has 0 spiro atoms. The van der Waals surface area contributed by atoms with Crippen LogP contribution < -0.4 is 4.74 Å². The zero-order valence-electron chi connectivity index (χ0n) is 10.5. The SMILES string of the molecule is Cc1nn(C)c(COc2ccc([N+](=O)[O-])cc2)c1Br. The molecule has 0 aliphatic heterocycles. The summed E-state index contributed by atoms with van der Waals surface area (Å²) in [4.78, 5) is 10.1. The lowest BCUT2D eigenvalue weighted by molar-refractivity contribution is -0.384. The van der Waals surface area contributed by atoms with Crippen molar-refractivity contribution in [3.63, 3.8) is 0 Å². The molecule has 0 atom stereocenters. The minimum Gasteiger partial charge on any atom is -0.487 e. The minimum atomic E-state index is -0.440. The van der Waals surface area contributed by atoms with Gasteiger partial charge in [0.2, 0.25) is 0 Å². The maximum Gasteiger partial charge on any atom is 0.269 e. The van der Waals surface area contributed by atoms with E-state index in [4.69, 9.17) is 4.74 Å². The monoisotopic (exact) mass is 325 g/mol. The Hall–Kier alpha value is -1.89. The van der Waals surface area contributed by atoms with Crippen LogP contribution in [0.2, 0.25) is 0 Å². The van der Waals surface area contributed by atoms with Gasteiger partial charge in [-0.05, 0) is 35.0 Å². The summed E-state index contributed by atoms with van der Waals surface area (Å²) in [5, 5.41) is 14.8. The van der Waals surface area contributed by atoms with Gasteiger partial charge in [-0.3, -0.25) is 14.8 Å². The van der Waals surface area contributed by atoms with E-state index in [0.29, 0.717) is 12.4 Å². The van der Waals surface area contributed by atoms with Crippen LogP contribution in [0.15, 0.2) is 28.7 Å². The standard InChI is InChI=1S/C12H12BrN3O3/c1-8-12(13)11(15(2)14-8)7-19-10-5-3-9(4-6-10)16(17)18/h3-6H,7H2,1-2H3. The number of non-ortho nitro benzene ring substituents is 1. The van der Waals surface area contributed by atoms with E-state index in [1.165, 1.54) is 12.1 Å². The molecule has 0 aliphatic carbocycles. The average molecular weight is 326 g/mol. The van der Waals surface area contributed by atoms with Gasteiger partial charge in [-0.25, -0.2) is 0 Å². The smallest absolute Gasteiger partial charge is 0.269 e. The van der Waals surface area contributed by atoms with Crippen molar-refractivity contribution in [1.82, 2.24) is 9.78 Å². The molecule has 100 valence electrons. The first-order valence-corrected chi connectivity index (χ1v) is 6.33. The van der Waals surface area contributed by atoms with E-state index in [9.17, 15) is 10.1 Å². The second-order valence-corrected chi connectivity index (χ2v) is 4.80. The van der Waals surface area contributed by atoms with E-state index in [2.05, 4.69) is 21.0 Å². The molecule has 0 fully saturated rings. The first kappa shape index (κ1) is 13.5. The topological polar surface area (TPSA) is 70.2 Å². The summed E-state index contributed by atoms with van der Waals surface area (Å²) >= 11 is 3.45. The zero-order chi connectivity index (χ0) is 14.0. The Morgan fingerprint density at radius 2 is 2.05 bits per heavy atom. The summed E-state index contributed by atoms with van der Waals surface area (Å²) in [7, 11) is 1.84. The number of ether oxygens (including phenoxy) is 1. The van der Waals surface area contributed by atoms with Crippen molar-refractivity contribution in [2.45, 2.75) is 13.5 Å². The fourth-order valence-corrected chi connectivity index (χ4v) is 2.10. The van der Waals surface area contributed by atoms with E-state index in [1.54, 1.807) is 16.8 Å². The first-order valence-electron chi connectivity index (χ1n) is 5.54. The van der Waals surface area contributed by atoms with Crippen LogP contribution in [0.3, 0.4) is 0 Å². The number of nitrogens with zero attached hydrogens (tertiary/aromatic N) is 3. The van der Waals surface area contributed by atoms with Crippen LogP contribution in [-0.2, 0) is 13.7 Å². The Bertz CT molecular complexity index is 607. The first-order chi connectivity index (χ1) is 8.99. The van der Waals surface area contributed by atoms with Crippen LogP contribution in [0.25, 0.3) is 0 Å². The number of rotatable bonds is 4. The number of nitro groups is 1. The molecule has 0 unspecified atom stereocenters.